The summed E-state index contributed by atoms with van der Waals surface area (Å²) in [5.41, 5.74) is 4.11. The van der Waals surface area contributed by atoms with Gasteiger partial charge >= 0.3 is 0 Å². The molecule has 0 unspecified atom stereocenters. The molecule has 5 rings (SSSR count). The number of rotatable bonds is 5. The summed E-state index contributed by atoms with van der Waals surface area (Å²) < 4.78 is 6.06. The van der Waals surface area contributed by atoms with Crippen LogP contribution in [0.5, 0.6) is 11.5 Å². The summed E-state index contributed by atoms with van der Waals surface area (Å²) in [4.78, 5) is 10.1. The van der Waals surface area contributed by atoms with Crippen molar-refractivity contribution in [1.82, 2.24) is 15.3 Å². The number of ether oxygens (including phenoxy) is 1. The van der Waals surface area contributed by atoms with Crippen LogP contribution in [-0.2, 0) is 0 Å². The van der Waals surface area contributed by atoms with Crippen LogP contribution in [-0.4, -0.2) is 15.1 Å². The molecule has 5 nitrogen and oxygen atoms in total. The van der Waals surface area contributed by atoms with Gasteiger partial charge < -0.3 is 19.9 Å². The average Bonchev–Trinajstić information content (AvgIpc) is 3.44. The second-order valence-electron chi connectivity index (χ2n) is 7.48. The van der Waals surface area contributed by atoms with Gasteiger partial charge in [0.15, 0.2) is 5.11 Å². The molecule has 154 valence electrons. The molecule has 0 amide bonds. The van der Waals surface area contributed by atoms with Gasteiger partial charge in [-0.1, -0.05) is 24.3 Å². The lowest BCUT2D eigenvalue weighted by Gasteiger charge is -2.27. The van der Waals surface area contributed by atoms with Crippen molar-refractivity contribution in [2.45, 2.75) is 19.0 Å². The van der Waals surface area contributed by atoms with Crippen molar-refractivity contribution in [2.75, 3.05) is 4.90 Å². The monoisotopic (exact) mass is 426 g/mol. The van der Waals surface area contributed by atoms with E-state index in [4.69, 9.17) is 17.0 Å². The van der Waals surface area contributed by atoms with Crippen LogP contribution in [0.25, 0.3) is 0 Å². The molecule has 2 N–H and O–H groups in total. The van der Waals surface area contributed by atoms with Gasteiger partial charge in [0.05, 0.1) is 11.7 Å². The third-order valence-electron chi connectivity index (χ3n) is 5.48. The SMILES string of the molecule is Cc1ccccc1Oc1ccc(N2C(=S)N[C@H](c3ccccn3)[C@@H]2c2ccc[nH]2)cc1. The molecule has 0 bridgehead atoms. The summed E-state index contributed by atoms with van der Waals surface area (Å²) in [5.74, 6) is 1.64. The summed E-state index contributed by atoms with van der Waals surface area (Å²) in [6.07, 6.45) is 3.75. The lowest BCUT2D eigenvalue weighted by atomic mass is 10.0. The molecular formula is C25H22N4OS. The summed E-state index contributed by atoms with van der Waals surface area (Å²) >= 11 is 5.75. The van der Waals surface area contributed by atoms with E-state index in [1.807, 2.05) is 92.1 Å². The zero-order valence-electron chi connectivity index (χ0n) is 17.0. The molecule has 2 aromatic heterocycles. The summed E-state index contributed by atoms with van der Waals surface area (Å²) in [7, 11) is 0. The maximum Gasteiger partial charge on any atom is 0.174 e. The van der Waals surface area contributed by atoms with E-state index in [9.17, 15) is 0 Å². The molecule has 6 heteroatoms. The molecule has 31 heavy (non-hydrogen) atoms. The van der Waals surface area contributed by atoms with Crippen molar-refractivity contribution in [3.05, 3.63) is 108 Å². The third kappa shape index (κ3) is 3.78. The number of thiocarbonyl (C=S) groups is 1. The number of para-hydroxylation sites is 1. The number of nitrogens with one attached hydrogen (secondary N) is 2. The van der Waals surface area contributed by atoms with Gasteiger partial charge in [0, 0.05) is 23.8 Å². The first kappa shape index (κ1) is 19.3. The van der Waals surface area contributed by atoms with Crippen LogP contribution >= 0.6 is 12.2 Å². The van der Waals surface area contributed by atoms with Gasteiger partial charge in [-0.2, -0.15) is 0 Å². The minimum absolute atomic E-state index is 0.0412. The maximum absolute atomic E-state index is 6.06. The number of hydrogen-bond donors (Lipinski definition) is 2. The molecule has 0 radical (unpaired) electrons. The fourth-order valence-electron chi connectivity index (χ4n) is 3.95. The number of nitrogens with zero attached hydrogens (tertiary/aromatic N) is 2. The van der Waals surface area contributed by atoms with Gasteiger partial charge in [0.2, 0.25) is 0 Å². The molecule has 2 aromatic carbocycles. The van der Waals surface area contributed by atoms with Gasteiger partial charge in [-0.25, -0.2) is 0 Å². The molecule has 0 saturated carbocycles. The number of pyridine rings is 1. The Hall–Kier alpha value is -3.64. The average molecular weight is 427 g/mol. The lowest BCUT2D eigenvalue weighted by molar-refractivity contribution is 0.479. The Kier molecular flexibility index (Phi) is 5.14. The largest absolute Gasteiger partial charge is 0.457 e. The predicted octanol–water partition coefficient (Wildman–Crippen LogP) is 5.69. The summed E-state index contributed by atoms with van der Waals surface area (Å²) in [6, 6.07) is 26.0. The van der Waals surface area contributed by atoms with Gasteiger partial charge in [-0.05, 0) is 79.3 Å². The van der Waals surface area contributed by atoms with Gasteiger partial charge in [0.25, 0.3) is 0 Å². The Labute approximate surface area is 186 Å². The number of anilines is 1. The molecule has 0 spiro atoms. The zero-order valence-corrected chi connectivity index (χ0v) is 17.8. The van der Waals surface area contributed by atoms with E-state index in [2.05, 4.69) is 26.3 Å². The molecule has 1 fully saturated rings. The van der Waals surface area contributed by atoms with Crippen LogP contribution in [0.2, 0.25) is 0 Å². The van der Waals surface area contributed by atoms with Crippen LogP contribution in [0.4, 0.5) is 5.69 Å². The highest BCUT2D eigenvalue weighted by molar-refractivity contribution is 7.80. The quantitative estimate of drug-likeness (QED) is 0.402. The summed E-state index contributed by atoms with van der Waals surface area (Å²) in [6.45, 7) is 2.04. The van der Waals surface area contributed by atoms with Crippen LogP contribution in [0.3, 0.4) is 0 Å². The maximum atomic E-state index is 6.06. The van der Waals surface area contributed by atoms with Gasteiger partial charge in [-0.15, -0.1) is 0 Å². The Bertz CT molecular complexity index is 1180. The lowest BCUT2D eigenvalue weighted by Crippen LogP contribution is -2.29. The standard InChI is InChI=1S/C25H22N4OS/c1-17-7-2-3-10-22(17)30-19-13-11-18(12-14-19)29-24(21-9-6-16-27-21)23(28-25(29)31)20-8-4-5-15-26-20/h2-16,23-24,27H,1H3,(H,28,31)/t23-,24+/m1/s1. The van der Waals surface area contributed by atoms with Crippen LogP contribution in [0.15, 0.2) is 91.3 Å². The molecule has 1 aliphatic heterocycles. The van der Waals surface area contributed by atoms with Crippen LogP contribution in [0.1, 0.15) is 29.0 Å². The minimum atomic E-state index is -0.0600. The highest BCUT2D eigenvalue weighted by Gasteiger charge is 2.41. The van der Waals surface area contributed by atoms with E-state index in [1.165, 1.54) is 0 Å². The van der Waals surface area contributed by atoms with Crippen LogP contribution < -0.4 is 15.0 Å². The molecule has 0 aliphatic carbocycles. The topological polar surface area (TPSA) is 53.2 Å². The molecule has 1 saturated heterocycles. The predicted molar refractivity (Wildman–Crippen MR) is 126 cm³/mol. The first-order valence-corrected chi connectivity index (χ1v) is 10.6. The van der Waals surface area contributed by atoms with Gasteiger partial charge in [0.1, 0.15) is 17.5 Å². The van der Waals surface area contributed by atoms with Crippen molar-refractivity contribution < 1.29 is 4.74 Å². The number of benzene rings is 2. The third-order valence-corrected chi connectivity index (χ3v) is 5.79. The second-order valence-corrected chi connectivity index (χ2v) is 7.87. The number of aromatic amines is 1. The molecule has 3 heterocycles. The minimum Gasteiger partial charge on any atom is -0.457 e. The summed E-state index contributed by atoms with van der Waals surface area (Å²) in [5, 5.41) is 4.13. The van der Waals surface area contributed by atoms with Crippen molar-refractivity contribution in [2.24, 2.45) is 0 Å². The molecular weight excluding hydrogens is 404 g/mol. The molecule has 1 aliphatic rings. The number of aryl methyl sites for hydroxylation is 1. The van der Waals surface area contributed by atoms with E-state index in [0.29, 0.717) is 5.11 Å². The number of hydrogen-bond acceptors (Lipinski definition) is 3. The van der Waals surface area contributed by atoms with Crippen molar-refractivity contribution >= 4 is 23.0 Å². The molecule has 4 aromatic rings. The fraction of sp³-hybridized carbons (Fsp3) is 0.120. The van der Waals surface area contributed by atoms with E-state index >= 15 is 0 Å². The number of aromatic nitrogens is 2. The first-order chi connectivity index (χ1) is 15.2. The highest BCUT2D eigenvalue weighted by Crippen LogP contribution is 2.41. The van der Waals surface area contributed by atoms with E-state index in [-0.39, 0.29) is 12.1 Å². The van der Waals surface area contributed by atoms with E-state index in [0.717, 1.165) is 34.1 Å². The smallest absolute Gasteiger partial charge is 0.174 e. The van der Waals surface area contributed by atoms with E-state index < -0.39 is 0 Å². The van der Waals surface area contributed by atoms with Crippen molar-refractivity contribution in [3.63, 3.8) is 0 Å². The molecule has 2 atom stereocenters. The Balaban J connectivity index is 1.46. The Morgan fingerprint density at radius 2 is 1.74 bits per heavy atom. The zero-order chi connectivity index (χ0) is 21.2. The fourth-order valence-corrected chi connectivity index (χ4v) is 4.30. The Morgan fingerprint density at radius 3 is 2.45 bits per heavy atom. The van der Waals surface area contributed by atoms with Gasteiger partial charge in [-0.3, -0.25) is 4.98 Å². The first-order valence-electron chi connectivity index (χ1n) is 10.2. The highest BCUT2D eigenvalue weighted by atomic mass is 32.1. The normalized spacial score (nSPS) is 18.1. The van der Waals surface area contributed by atoms with Crippen molar-refractivity contribution in [1.29, 1.82) is 0 Å². The number of H-pyrrole nitrogens is 1. The van der Waals surface area contributed by atoms with Crippen LogP contribution in [0, 0.1) is 6.92 Å². The Morgan fingerprint density at radius 1 is 0.935 bits per heavy atom. The van der Waals surface area contributed by atoms with Crippen molar-refractivity contribution in [3.8, 4) is 11.5 Å². The second kappa shape index (κ2) is 8.24. The van der Waals surface area contributed by atoms with E-state index in [1.54, 1.807) is 0 Å².